The summed E-state index contributed by atoms with van der Waals surface area (Å²) in [4.78, 5) is 41.0. The van der Waals surface area contributed by atoms with E-state index in [0.717, 1.165) is 5.56 Å². The van der Waals surface area contributed by atoms with Crippen molar-refractivity contribution in [3.8, 4) is 0 Å². The van der Waals surface area contributed by atoms with Gasteiger partial charge in [0.1, 0.15) is 11.5 Å². The molecule has 168 valence electrons. The molecule has 0 spiro atoms. The minimum absolute atomic E-state index is 0.0501. The Morgan fingerprint density at radius 1 is 1.16 bits per heavy atom. The Kier molecular flexibility index (Phi) is 7.31. The van der Waals surface area contributed by atoms with E-state index in [1.807, 2.05) is 30.3 Å². The molecular weight excluding hydrogens is 440 g/mol. The van der Waals surface area contributed by atoms with Crippen LogP contribution < -0.4 is 27.2 Å². The summed E-state index contributed by atoms with van der Waals surface area (Å²) >= 11 is 0.317. The first kappa shape index (κ1) is 23.1. The standard InChI is InChI=1S/C21H21F2N5O3S/c1-27(12-16(29)25-14-9-5-6-10-15(14)32-20(22)23)17-18(24)28(21(31)26-19(17)30)11-13-7-3-2-4-8-13/h2-10,20H,11-12,24H2,1H3,(H,25,29)(H,26,30,31). The van der Waals surface area contributed by atoms with Crippen LogP contribution >= 0.6 is 11.8 Å². The average Bonchev–Trinajstić information content (AvgIpc) is 2.72. The zero-order valence-electron chi connectivity index (χ0n) is 17.0. The van der Waals surface area contributed by atoms with Gasteiger partial charge in [0.25, 0.3) is 11.3 Å². The lowest BCUT2D eigenvalue weighted by molar-refractivity contribution is -0.114. The molecular formula is C21H21F2N5O3S. The van der Waals surface area contributed by atoms with Crippen LogP contribution in [0.2, 0.25) is 0 Å². The Hall–Kier alpha value is -3.60. The number of nitrogens with zero attached hydrogens (tertiary/aromatic N) is 2. The van der Waals surface area contributed by atoms with Crippen LogP contribution in [0, 0.1) is 0 Å². The summed E-state index contributed by atoms with van der Waals surface area (Å²) in [5.41, 5.74) is 5.70. The molecule has 0 fully saturated rings. The molecule has 0 aliphatic rings. The molecule has 0 radical (unpaired) electrons. The molecule has 0 aliphatic heterocycles. The number of nitrogen functional groups attached to an aromatic ring is 1. The van der Waals surface area contributed by atoms with Gasteiger partial charge in [-0.3, -0.25) is 19.1 Å². The van der Waals surface area contributed by atoms with Gasteiger partial charge in [-0.05, 0) is 17.7 Å². The minimum atomic E-state index is -2.64. The van der Waals surface area contributed by atoms with Gasteiger partial charge in [-0.25, -0.2) is 4.79 Å². The SMILES string of the molecule is CN(CC(=O)Nc1ccccc1SC(F)F)c1c(N)n(Cc2ccccc2)c(=O)[nH]c1=O. The molecule has 3 rings (SSSR count). The summed E-state index contributed by atoms with van der Waals surface area (Å²) in [5, 5.41) is 2.56. The van der Waals surface area contributed by atoms with E-state index >= 15 is 0 Å². The number of carbonyl (C=O) groups is 1. The summed E-state index contributed by atoms with van der Waals surface area (Å²) in [5.74, 6) is -3.28. The van der Waals surface area contributed by atoms with Gasteiger partial charge in [0.15, 0.2) is 0 Å². The lowest BCUT2D eigenvalue weighted by atomic mass is 10.2. The molecule has 32 heavy (non-hydrogen) atoms. The number of benzene rings is 2. The summed E-state index contributed by atoms with van der Waals surface area (Å²) in [6.45, 7) is -0.169. The molecule has 8 nitrogen and oxygen atoms in total. The van der Waals surface area contributed by atoms with Crippen LogP contribution in [0.5, 0.6) is 0 Å². The number of aromatic amines is 1. The molecule has 2 aromatic carbocycles. The number of alkyl halides is 2. The number of amides is 1. The number of hydrogen-bond acceptors (Lipinski definition) is 6. The van der Waals surface area contributed by atoms with E-state index in [9.17, 15) is 23.2 Å². The fourth-order valence-corrected chi connectivity index (χ4v) is 3.72. The number of carbonyl (C=O) groups excluding carboxylic acids is 1. The number of halogens is 2. The molecule has 0 unspecified atom stereocenters. The number of anilines is 3. The van der Waals surface area contributed by atoms with Crippen molar-refractivity contribution >= 4 is 34.9 Å². The van der Waals surface area contributed by atoms with Crippen LogP contribution in [0.15, 0.2) is 69.1 Å². The largest absolute Gasteiger partial charge is 0.383 e. The van der Waals surface area contributed by atoms with Gasteiger partial charge in [-0.1, -0.05) is 54.2 Å². The highest BCUT2D eigenvalue weighted by atomic mass is 32.2. The van der Waals surface area contributed by atoms with Crippen LogP contribution in [-0.2, 0) is 11.3 Å². The van der Waals surface area contributed by atoms with Gasteiger partial charge in [0.2, 0.25) is 5.91 Å². The second-order valence-corrected chi connectivity index (χ2v) is 7.88. The third kappa shape index (κ3) is 5.55. The van der Waals surface area contributed by atoms with Crippen LogP contribution in [-0.4, -0.2) is 34.8 Å². The fourth-order valence-electron chi connectivity index (χ4n) is 3.12. The van der Waals surface area contributed by atoms with E-state index in [2.05, 4.69) is 10.3 Å². The Morgan fingerprint density at radius 2 is 1.81 bits per heavy atom. The second-order valence-electron chi connectivity index (χ2n) is 6.84. The van der Waals surface area contributed by atoms with Gasteiger partial charge in [0.05, 0.1) is 18.8 Å². The van der Waals surface area contributed by atoms with Crippen molar-refractivity contribution in [1.29, 1.82) is 0 Å². The first-order valence-electron chi connectivity index (χ1n) is 9.47. The maximum absolute atomic E-state index is 12.7. The van der Waals surface area contributed by atoms with E-state index in [0.29, 0.717) is 11.8 Å². The van der Waals surface area contributed by atoms with Crippen molar-refractivity contribution in [2.24, 2.45) is 0 Å². The van der Waals surface area contributed by atoms with Gasteiger partial charge >= 0.3 is 5.69 Å². The first-order valence-corrected chi connectivity index (χ1v) is 10.4. The summed E-state index contributed by atoms with van der Waals surface area (Å²) < 4.78 is 26.7. The zero-order chi connectivity index (χ0) is 23.3. The topological polar surface area (TPSA) is 113 Å². The van der Waals surface area contributed by atoms with Gasteiger partial charge in [0, 0.05) is 11.9 Å². The smallest absolute Gasteiger partial charge is 0.330 e. The van der Waals surface area contributed by atoms with E-state index in [4.69, 9.17) is 5.73 Å². The number of nitrogens with two attached hydrogens (primary N) is 1. The first-order chi connectivity index (χ1) is 15.3. The molecule has 0 bridgehead atoms. The van der Waals surface area contributed by atoms with Crippen molar-refractivity contribution in [3.63, 3.8) is 0 Å². The van der Waals surface area contributed by atoms with E-state index in [-0.39, 0.29) is 35.2 Å². The second kappa shape index (κ2) is 10.1. The van der Waals surface area contributed by atoms with Crippen LogP contribution in [0.4, 0.5) is 26.0 Å². The maximum atomic E-state index is 12.7. The molecule has 0 atom stereocenters. The molecule has 0 saturated carbocycles. The Bertz CT molecular complexity index is 1210. The Labute approximate surface area is 186 Å². The van der Waals surface area contributed by atoms with E-state index in [1.165, 1.54) is 28.6 Å². The van der Waals surface area contributed by atoms with E-state index in [1.54, 1.807) is 12.1 Å². The maximum Gasteiger partial charge on any atom is 0.330 e. The summed E-state index contributed by atoms with van der Waals surface area (Å²) in [7, 11) is 1.47. The Balaban J connectivity index is 1.81. The summed E-state index contributed by atoms with van der Waals surface area (Å²) in [6, 6.07) is 15.2. The highest BCUT2D eigenvalue weighted by Gasteiger charge is 2.19. The van der Waals surface area contributed by atoms with Crippen LogP contribution in [0.25, 0.3) is 0 Å². The molecule has 4 N–H and O–H groups in total. The number of nitrogens with one attached hydrogen (secondary N) is 2. The summed E-state index contributed by atoms with van der Waals surface area (Å²) in [6.07, 6.45) is 0. The van der Waals surface area contributed by atoms with Gasteiger partial charge in [-0.2, -0.15) is 8.78 Å². The predicted molar refractivity (Wildman–Crippen MR) is 121 cm³/mol. The van der Waals surface area contributed by atoms with Gasteiger partial charge < -0.3 is 16.0 Å². The van der Waals surface area contributed by atoms with Crippen LogP contribution in [0.1, 0.15) is 5.56 Å². The number of likely N-dealkylation sites (N-methyl/N-ethyl adjacent to an activating group) is 1. The van der Waals surface area contributed by atoms with Crippen molar-refractivity contribution in [3.05, 3.63) is 81.0 Å². The minimum Gasteiger partial charge on any atom is -0.383 e. The third-order valence-corrected chi connectivity index (χ3v) is 5.33. The number of aromatic nitrogens is 2. The highest BCUT2D eigenvalue weighted by molar-refractivity contribution is 7.99. The molecule has 1 aromatic heterocycles. The van der Waals surface area contributed by atoms with Gasteiger partial charge in [-0.15, -0.1) is 0 Å². The molecule has 11 heteroatoms. The molecule has 0 aliphatic carbocycles. The lowest BCUT2D eigenvalue weighted by Gasteiger charge is -2.21. The number of H-pyrrole nitrogens is 1. The van der Waals surface area contributed by atoms with Crippen molar-refractivity contribution in [2.45, 2.75) is 17.2 Å². The van der Waals surface area contributed by atoms with Crippen LogP contribution in [0.3, 0.4) is 0 Å². The van der Waals surface area contributed by atoms with Crippen molar-refractivity contribution < 1.29 is 13.6 Å². The predicted octanol–water partition coefficient (Wildman–Crippen LogP) is 2.56. The molecule has 1 heterocycles. The average molecular weight is 461 g/mol. The fraction of sp³-hybridized carbons (Fsp3) is 0.190. The Morgan fingerprint density at radius 3 is 2.50 bits per heavy atom. The lowest BCUT2D eigenvalue weighted by Crippen LogP contribution is -2.39. The molecule has 3 aromatic rings. The van der Waals surface area contributed by atoms with Crippen molar-refractivity contribution in [1.82, 2.24) is 9.55 Å². The number of rotatable bonds is 8. The number of thioether (sulfide) groups is 1. The molecule has 0 saturated heterocycles. The highest BCUT2D eigenvalue weighted by Crippen LogP contribution is 2.31. The normalized spacial score (nSPS) is 10.9. The monoisotopic (exact) mass is 461 g/mol. The quantitative estimate of drug-likeness (QED) is 0.445. The van der Waals surface area contributed by atoms with E-state index < -0.39 is 22.9 Å². The molecule has 1 amide bonds. The number of para-hydroxylation sites is 1. The van der Waals surface area contributed by atoms with Crippen molar-refractivity contribution in [2.75, 3.05) is 29.5 Å². The number of hydrogen-bond donors (Lipinski definition) is 3. The third-order valence-electron chi connectivity index (χ3n) is 4.54. The zero-order valence-corrected chi connectivity index (χ0v) is 17.9.